The molecule has 0 spiro atoms. The van der Waals surface area contributed by atoms with Gasteiger partial charge < -0.3 is 5.11 Å². The van der Waals surface area contributed by atoms with Gasteiger partial charge >= 0.3 is 6.18 Å². The number of alkyl halides is 4. The molecule has 0 saturated heterocycles. The predicted molar refractivity (Wildman–Crippen MR) is 73.8 cm³/mol. The zero-order valence-electron chi connectivity index (χ0n) is 12.8. The molecule has 0 heterocycles. The molecular formula is C15H24F4O2. The number of carbonyl (C=O) groups excluding carboxylic acids is 1. The van der Waals surface area contributed by atoms with Gasteiger partial charge in [0.25, 0.3) is 0 Å². The number of rotatable bonds is 9. The first-order chi connectivity index (χ1) is 9.65. The Hall–Kier alpha value is -1.07. The second-order valence-corrected chi connectivity index (χ2v) is 5.29. The molecule has 0 rings (SSSR count). The predicted octanol–water partition coefficient (Wildman–Crippen LogP) is 5.14. The van der Waals surface area contributed by atoms with E-state index in [-0.39, 0.29) is 19.3 Å². The summed E-state index contributed by atoms with van der Waals surface area (Å²) in [4.78, 5) is 11.9. The number of allylic oxidation sites excluding steroid dienone is 2. The molecule has 0 bridgehead atoms. The average Bonchev–Trinajstić information content (AvgIpc) is 2.40. The summed E-state index contributed by atoms with van der Waals surface area (Å²) in [6.45, 7) is 4.12. The molecule has 0 amide bonds. The van der Waals surface area contributed by atoms with E-state index in [1.165, 1.54) is 0 Å². The molecule has 0 aromatic heterocycles. The first kappa shape index (κ1) is 19.9. The quantitative estimate of drug-likeness (QED) is 0.363. The lowest BCUT2D eigenvalue weighted by molar-refractivity contribution is -0.158. The van der Waals surface area contributed by atoms with Crippen LogP contribution in [0.25, 0.3) is 0 Å². The molecule has 2 nitrogen and oxygen atoms in total. The SMILES string of the molecule is CCC(CCF)C(=O)/C=C(\O)C(CC)(CC)CC(F)(F)F. The van der Waals surface area contributed by atoms with Crippen LogP contribution in [0.2, 0.25) is 0 Å². The van der Waals surface area contributed by atoms with Crippen molar-refractivity contribution in [1.82, 2.24) is 0 Å². The summed E-state index contributed by atoms with van der Waals surface area (Å²) < 4.78 is 50.4. The molecular weight excluding hydrogens is 288 g/mol. The Morgan fingerprint density at radius 2 is 1.71 bits per heavy atom. The van der Waals surface area contributed by atoms with Gasteiger partial charge in [0.1, 0.15) is 5.76 Å². The van der Waals surface area contributed by atoms with E-state index in [1.54, 1.807) is 20.8 Å². The standard InChI is InChI=1S/C15H24F4O2/c1-4-11(7-8-16)12(20)9-13(21)14(5-2,6-3)10-15(17,18)19/h9,11,21H,4-8,10H2,1-3H3/b13-9-. The van der Waals surface area contributed by atoms with E-state index in [2.05, 4.69) is 0 Å². The van der Waals surface area contributed by atoms with Crippen molar-refractivity contribution in [3.63, 3.8) is 0 Å². The highest BCUT2D eigenvalue weighted by molar-refractivity contribution is 5.92. The van der Waals surface area contributed by atoms with Crippen molar-refractivity contribution in [3.8, 4) is 0 Å². The molecule has 1 unspecified atom stereocenters. The molecule has 0 aliphatic rings. The number of ketones is 1. The molecule has 0 aromatic carbocycles. The lowest BCUT2D eigenvalue weighted by atomic mass is 9.76. The number of aliphatic hydroxyl groups excluding tert-OH is 1. The van der Waals surface area contributed by atoms with E-state index in [4.69, 9.17) is 0 Å². The number of carbonyl (C=O) groups is 1. The van der Waals surface area contributed by atoms with Crippen molar-refractivity contribution in [1.29, 1.82) is 0 Å². The molecule has 0 aromatic rings. The van der Waals surface area contributed by atoms with Crippen LogP contribution in [0.15, 0.2) is 11.8 Å². The van der Waals surface area contributed by atoms with Gasteiger partial charge in [0, 0.05) is 17.4 Å². The Labute approximate surface area is 123 Å². The minimum Gasteiger partial charge on any atom is -0.512 e. The zero-order chi connectivity index (χ0) is 16.7. The lowest BCUT2D eigenvalue weighted by Crippen LogP contribution is -2.30. The van der Waals surface area contributed by atoms with Gasteiger partial charge in [0.15, 0.2) is 5.78 Å². The highest BCUT2D eigenvalue weighted by Crippen LogP contribution is 2.43. The molecule has 0 fully saturated rings. The summed E-state index contributed by atoms with van der Waals surface area (Å²) in [7, 11) is 0. The van der Waals surface area contributed by atoms with E-state index in [0.29, 0.717) is 6.42 Å². The second-order valence-electron chi connectivity index (χ2n) is 5.29. The molecule has 1 atom stereocenters. The van der Waals surface area contributed by atoms with Crippen molar-refractivity contribution < 1.29 is 27.5 Å². The molecule has 0 saturated carbocycles. The smallest absolute Gasteiger partial charge is 0.390 e. The van der Waals surface area contributed by atoms with E-state index < -0.39 is 42.1 Å². The monoisotopic (exact) mass is 312 g/mol. The molecule has 0 aliphatic heterocycles. The number of halogens is 4. The number of hydrogen-bond donors (Lipinski definition) is 1. The fourth-order valence-electron chi connectivity index (χ4n) is 2.42. The largest absolute Gasteiger partial charge is 0.512 e. The molecule has 0 aliphatic carbocycles. The first-order valence-electron chi connectivity index (χ1n) is 7.23. The normalized spacial score (nSPS) is 15.1. The maximum absolute atomic E-state index is 12.7. The van der Waals surface area contributed by atoms with Crippen molar-refractivity contribution in [3.05, 3.63) is 11.8 Å². The maximum atomic E-state index is 12.7. The van der Waals surface area contributed by atoms with Gasteiger partial charge in [0.05, 0.1) is 13.1 Å². The molecule has 21 heavy (non-hydrogen) atoms. The Morgan fingerprint density at radius 3 is 2.05 bits per heavy atom. The van der Waals surface area contributed by atoms with Crippen LogP contribution in [0.1, 0.15) is 52.9 Å². The van der Waals surface area contributed by atoms with Gasteiger partial charge in [-0.05, 0) is 25.7 Å². The zero-order valence-corrected chi connectivity index (χ0v) is 12.8. The third kappa shape index (κ3) is 6.06. The highest BCUT2D eigenvalue weighted by atomic mass is 19.4. The van der Waals surface area contributed by atoms with Crippen LogP contribution in [-0.4, -0.2) is 23.7 Å². The average molecular weight is 312 g/mol. The lowest BCUT2D eigenvalue weighted by Gasteiger charge is -2.32. The van der Waals surface area contributed by atoms with Crippen LogP contribution in [0, 0.1) is 11.3 Å². The van der Waals surface area contributed by atoms with E-state index in [9.17, 15) is 27.5 Å². The van der Waals surface area contributed by atoms with Gasteiger partial charge in [-0.3, -0.25) is 9.18 Å². The van der Waals surface area contributed by atoms with E-state index in [1.807, 2.05) is 0 Å². The number of aliphatic hydroxyl groups is 1. The van der Waals surface area contributed by atoms with Crippen molar-refractivity contribution in [2.45, 2.75) is 59.1 Å². The van der Waals surface area contributed by atoms with Crippen molar-refractivity contribution >= 4 is 5.78 Å². The van der Waals surface area contributed by atoms with Crippen LogP contribution in [0.3, 0.4) is 0 Å². The Balaban J connectivity index is 5.33. The Bertz CT molecular complexity index is 357. The van der Waals surface area contributed by atoms with Gasteiger partial charge in [-0.25, -0.2) is 0 Å². The fraction of sp³-hybridized carbons (Fsp3) is 0.800. The topological polar surface area (TPSA) is 37.3 Å². The van der Waals surface area contributed by atoms with E-state index >= 15 is 0 Å². The second kappa shape index (κ2) is 8.39. The van der Waals surface area contributed by atoms with Crippen LogP contribution >= 0.6 is 0 Å². The minimum atomic E-state index is -4.43. The number of hydrogen-bond acceptors (Lipinski definition) is 2. The van der Waals surface area contributed by atoms with Crippen LogP contribution in [0.5, 0.6) is 0 Å². The molecule has 124 valence electrons. The van der Waals surface area contributed by atoms with Crippen LogP contribution in [-0.2, 0) is 4.79 Å². The van der Waals surface area contributed by atoms with Gasteiger partial charge in [-0.2, -0.15) is 13.2 Å². The third-order valence-corrected chi connectivity index (χ3v) is 4.07. The first-order valence-corrected chi connectivity index (χ1v) is 7.23. The van der Waals surface area contributed by atoms with Crippen molar-refractivity contribution in [2.24, 2.45) is 11.3 Å². The summed E-state index contributed by atoms with van der Waals surface area (Å²) in [5, 5.41) is 10.1. The molecule has 1 N–H and O–H groups in total. The minimum absolute atomic E-state index is 0.0175. The van der Waals surface area contributed by atoms with Crippen LogP contribution in [0.4, 0.5) is 17.6 Å². The summed E-state index contributed by atoms with van der Waals surface area (Å²) in [6.07, 6.45) is -4.21. The molecule has 6 heteroatoms. The summed E-state index contributed by atoms with van der Waals surface area (Å²) in [5.74, 6) is -1.66. The van der Waals surface area contributed by atoms with Gasteiger partial charge in [-0.15, -0.1) is 0 Å². The summed E-state index contributed by atoms with van der Waals surface area (Å²) >= 11 is 0. The van der Waals surface area contributed by atoms with Crippen molar-refractivity contribution in [2.75, 3.05) is 6.67 Å². The third-order valence-electron chi connectivity index (χ3n) is 4.07. The van der Waals surface area contributed by atoms with E-state index in [0.717, 1.165) is 6.08 Å². The van der Waals surface area contributed by atoms with Crippen LogP contribution < -0.4 is 0 Å². The van der Waals surface area contributed by atoms with Gasteiger partial charge in [-0.1, -0.05) is 20.8 Å². The van der Waals surface area contributed by atoms with Gasteiger partial charge in [0.2, 0.25) is 0 Å². The summed E-state index contributed by atoms with van der Waals surface area (Å²) in [5.41, 5.74) is -1.48. The summed E-state index contributed by atoms with van der Waals surface area (Å²) in [6, 6.07) is 0. The molecule has 0 radical (unpaired) electrons. The fourth-order valence-corrected chi connectivity index (χ4v) is 2.42. The Morgan fingerprint density at radius 1 is 1.19 bits per heavy atom. The maximum Gasteiger partial charge on any atom is 0.390 e. The highest BCUT2D eigenvalue weighted by Gasteiger charge is 2.43. The Kier molecular flexibility index (Phi) is 7.96.